The van der Waals surface area contributed by atoms with Crippen molar-refractivity contribution in [1.82, 2.24) is 9.78 Å². The summed E-state index contributed by atoms with van der Waals surface area (Å²) in [6, 6.07) is 8.42. The van der Waals surface area contributed by atoms with Crippen molar-refractivity contribution in [2.45, 2.75) is 47.1 Å². The monoisotopic (exact) mass is 270 g/mol. The van der Waals surface area contributed by atoms with Gasteiger partial charge in [-0.1, -0.05) is 43.7 Å². The zero-order chi connectivity index (χ0) is 14.7. The molecule has 0 amide bonds. The Bertz CT molecular complexity index is 626. The van der Waals surface area contributed by atoms with Gasteiger partial charge in [-0.15, -0.1) is 0 Å². The van der Waals surface area contributed by atoms with E-state index < -0.39 is 0 Å². The Morgan fingerprint density at radius 2 is 2.00 bits per heavy atom. The van der Waals surface area contributed by atoms with Crippen molar-refractivity contribution < 1.29 is 4.79 Å². The van der Waals surface area contributed by atoms with E-state index in [4.69, 9.17) is 0 Å². The van der Waals surface area contributed by atoms with Crippen LogP contribution in [0.4, 0.5) is 0 Å². The van der Waals surface area contributed by atoms with E-state index in [1.807, 2.05) is 11.6 Å². The molecule has 2 rings (SSSR count). The van der Waals surface area contributed by atoms with E-state index in [0.29, 0.717) is 0 Å². The average Bonchev–Trinajstić information content (AvgIpc) is 2.76. The molecule has 1 aromatic heterocycles. The van der Waals surface area contributed by atoms with Crippen LogP contribution < -0.4 is 0 Å². The molecule has 106 valence electrons. The number of carbonyl (C=O) groups excluding carboxylic acids is 1. The van der Waals surface area contributed by atoms with Crippen LogP contribution in [0.1, 0.15) is 53.6 Å². The number of aromatic nitrogens is 2. The number of Topliss-reactive ketones (excluding diaryl/α,β-unsaturated/α-hetero) is 1. The summed E-state index contributed by atoms with van der Waals surface area (Å²) in [7, 11) is 0. The molecule has 0 spiro atoms. The van der Waals surface area contributed by atoms with Crippen LogP contribution in [0.15, 0.2) is 24.3 Å². The Morgan fingerprint density at radius 3 is 2.55 bits per heavy atom. The van der Waals surface area contributed by atoms with Crippen LogP contribution in [-0.2, 0) is 19.4 Å². The normalized spacial score (nSPS) is 10.8. The summed E-state index contributed by atoms with van der Waals surface area (Å²) in [5, 5.41) is 4.64. The molecule has 0 bridgehead atoms. The summed E-state index contributed by atoms with van der Waals surface area (Å²) in [6.07, 6.45) is 1.62. The quantitative estimate of drug-likeness (QED) is 0.778. The van der Waals surface area contributed by atoms with E-state index in [1.165, 1.54) is 11.1 Å². The summed E-state index contributed by atoms with van der Waals surface area (Å²) >= 11 is 0. The third kappa shape index (κ3) is 2.82. The minimum absolute atomic E-state index is 0.120. The van der Waals surface area contributed by atoms with Crippen LogP contribution in [0.3, 0.4) is 0 Å². The second-order valence-corrected chi connectivity index (χ2v) is 5.18. The second kappa shape index (κ2) is 6.04. The van der Waals surface area contributed by atoms with Gasteiger partial charge >= 0.3 is 0 Å². The van der Waals surface area contributed by atoms with Gasteiger partial charge < -0.3 is 0 Å². The number of carbonyl (C=O) groups is 1. The molecule has 3 nitrogen and oxygen atoms in total. The maximum atomic E-state index is 11.9. The number of aryl methyl sites for hydroxylation is 2. The second-order valence-electron chi connectivity index (χ2n) is 5.18. The molecule has 20 heavy (non-hydrogen) atoms. The first-order valence-electron chi connectivity index (χ1n) is 7.21. The van der Waals surface area contributed by atoms with Crippen molar-refractivity contribution in [2.24, 2.45) is 0 Å². The highest BCUT2D eigenvalue weighted by atomic mass is 16.1. The number of hydrogen-bond donors (Lipinski definition) is 0. The van der Waals surface area contributed by atoms with E-state index in [-0.39, 0.29) is 5.78 Å². The van der Waals surface area contributed by atoms with Crippen molar-refractivity contribution >= 4 is 5.78 Å². The van der Waals surface area contributed by atoms with Gasteiger partial charge in [-0.05, 0) is 32.3 Å². The van der Waals surface area contributed by atoms with Crippen LogP contribution in [0.25, 0.3) is 0 Å². The SMILES string of the molecule is CCc1nn(Cc2cccc(C)c2)c(CC)c1C(C)=O. The van der Waals surface area contributed by atoms with Crippen LogP contribution in [0, 0.1) is 6.92 Å². The molecule has 0 aliphatic heterocycles. The summed E-state index contributed by atoms with van der Waals surface area (Å²) in [5.41, 5.74) is 5.26. The molecule has 0 aliphatic carbocycles. The van der Waals surface area contributed by atoms with Gasteiger partial charge in [0.1, 0.15) is 0 Å². The standard InChI is InChI=1S/C17H22N2O/c1-5-15-17(13(4)20)16(6-2)19(18-15)11-14-9-7-8-12(3)10-14/h7-10H,5-6,11H2,1-4H3. The van der Waals surface area contributed by atoms with Crippen molar-refractivity contribution in [1.29, 1.82) is 0 Å². The lowest BCUT2D eigenvalue weighted by Crippen LogP contribution is -2.08. The highest BCUT2D eigenvalue weighted by Gasteiger charge is 2.18. The lowest BCUT2D eigenvalue weighted by Gasteiger charge is -2.07. The fourth-order valence-corrected chi connectivity index (χ4v) is 2.68. The molecular formula is C17H22N2O. The Kier molecular flexibility index (Phi) is 4.38. The molecule has 0 N–H and O–H groups in total. The molecule has 0 radical (unpaired) electrons. The van der Waals surface area contributed by atoms with Crippen LogP contribution in [0.5, 0.6) is 0 Å². The number of ketones is 1. The number of nitrogens with zero attached hydrogens (tertiary/aromatic N) is 2. The van der Waals surface area contributed by atoms with Crippen LogP contribution in [-0.4, -0.2) is 15.6 Å². The summed E-state index contributed by atoms with van der Waals surface area (Å²) in [5.74, 6) is 0.120. The Morgan fingerprint density at radius 1 is 1.25 bits per heavy atom. The summed E-state index contributed by atoms with van der Waals surface area (Å²) in [4.78, 5) is 11.9. The molecule has 0 fully saturated rings. The molecule has 1 heterocycles. The maximum Gasteiger partial charge on any atom is 0.163 e. The lowest BCUT2D eigenvalue weighted by atomic mass is 10.1. The van der Waals surface area contributed by atoms with E-state index in [1.54, 1.807) is 6.92 Å². The van der Waals surface area contributed by atoms with Gasteiger partial charge in [-0.25, -0.2) is 0 Å². The Balaban J connectivity index is 2.44. The van der Waals surface area contributed by atoms with E-state index in [0.717, 1.165) is 36.3 Å². The Labute approximate surface area is 120 Å². The summed E-state index contributed by atoms with van der Waals surface area (Å²) in [6.45, 7) is 8.57. The number of hydrogen-bond acceptors (Lipinski definition) is 2. The van der Waals surface area contributed by atoms with Crippen molar-refractivity contribution in [2.75, 3.05) is 0 Å². The number of rotatable bonds is 5. The minimum Gasteiger partial charge on any atom is -0.294 e. The molecule has 0 saturated heterocycles. The third-order valence-corrected chi connectivity index (χ3v) is 3.57. The van der Waals surface area contributed by atoms with Gasteiger partial charge in [0.25, 0.3) is 0 Å². The van der Waals surface area contributed by atoms with Gasteiger partial charge in [-0.3, -0.25) is 9.48 Å². The van der Waals surface area contributed by atoms with Crippen molar-refractivity contribution in [3.05, 3.63) is 52.3 Å². The largest absolute Gasteiger partial charge is 0.294 e. The van der Waals surface area contributed by atoms with E-state index in [2.05, 4.69) is 43.2 Å². The number of benzene rings is 1. The predicted molar refractivity (Wildman–Crippen MR) is 81.3 cm³/mol. The lowest BCUT2D eigenvalue weighted by molar-refractivity contribution is 0.101. The van der Waals surface area contributed by atoms with Crippen molar-refractivity contribution in [3.63, 3.8) is 0 Å². The topological polar surface area (TPSA) is 34.9 Å². The van der Waals surface area contributed by atoms with Gasteiger partial charge in [0.05, 0.1) is 17.8 Å². The molecule has 0 saturated carbocycles. The molecule has 0 atom stereocenters. The fraction of sp³-hybridized carbons (Fsp3) is 0.412. The first-order valence-corrected chi connectivity index (χ1v) is 7.21. The first-order chi connectivity index (χ1) is 9.56. The molecular weight excluding hydrogens is 248 g/mol. The Hall–Kier alpha value is -1.90. The van der Waals surface area contributed by atoms with E-state index >= 15 is 0 Å². The summed E-state index contributed by atoms with van der Waals surface area (Å²) < 4.78 is 1.99. The highest BCUT2D eigenvalue weighted by Crippen LogP contribution is 2.18. The maximum absolute atomic E-state index is 11.9. The highest BCUT2D eigenvalue weighted by molar-refractivity contribution is 5.96. The third-order valence-electron chi connectivity index (χ3n) is 3.57. The molecule has 0 unspecified atom stereocenters. The zero-order valence-electron chi connectivity index (χ0n) is 12.7. The van der Waals surface area contributed by atoms with Gasteiger partial charge in [-0.2, -0.15) is 5.10 Å². The molecule has 0 aliphatic rings. The van der Waals surface area contributed by atoms with Gasteiger partial charge in [0, 0.05) is 5.69 Å². The minimum atomic E-state index is 0.120. The molecule has 1 aromatic carbocycles. The molecule has 2 aromatic rings. The van der Waals surface area contributed by atoms with Crippen molar-refractivity contribution in [3.8, 4) is 0 Å². The van der Waals surface area contributed by atoms with Gasteiger partial charge in [0.15, 0.2) is 5.78 Å². The van der Waals surface area contributed by atoms with E-state index in [9.17, 15) is 4.79 Å². The van der Waals surface area contributed by atoms with Crippen LogP contribution >= 0.6 is 0 Å². The fourth-order valence-electron chi connectivity index (χ4n) is 2.68. The first kappa shape index (κ1) is 14.5. The smallest absolute Gasteiger partial charge is 0.163 e. The molecule has 3 heteroatoms. The van der Waals surface area contributed by atoms with Crippen LogP contribution in [0.2, 0.25) is 0 Å². The average molecular weight is 270 g/mol. The predicted octanol–water partition coefficient (Wildman–Crippen LogP) is 3.57. The zero-order valence-corrected chi connectivity index (χ0v) is 12.7. The van der Waals surface area contributed by atoms with Gasteiger partial charge in [0.2, 0.25) is 0 Å².